The minimum absolute atomic E-state index is 0.0420. The average molecular weight is 386 g/mol. The van der Waals surface area contributed by atoms with Crippen LogP contribution in [0.4, 0.5) is 0 Å². The van der Waals surface area contributed by atoms with E-state index in [1.165, 1.54) is 5.69 Å². The van der Waals surface area contributed by atoms with Gasteiger partial charge in [0.1, 0.15) is 0 Å². The number of hydrogen-bond donors (Lipinski definition) is 1. The van der Waals surface area contributed by atoms with E-state index in [4.69, 9.17) is 9.47 Å². The zero-order valence-corrected chi connectivity index (χ0v) is 17.2. The van der Waals surface area contributed by atoms with Gasteiger partial charge in [-0.25, -0.2) is 0 Å². The Morgan fingerprint density at radius 3 is 2.68 bits per heavy atom. The lowest BCUT2D eigenvalue weighted by Crippen LogP contribution is -2.36. The van der Waals surface area contributed by atoms with Crippen LogP contribution in [-0.4, -0.2) is 47.9 Å². The van der Waals surface area contributed by atoms with Crippen LogP contribution in [0.5, 0.6) is 11.5 Å². The molecule has 0 unspecified atom stereocenters. The molecule has 28 heavy (non-hydrogen) atoms. The Morgan fingerprint density at radius 2 is 1.96 bits per heavy atom. The average Bonchev–Trinajstić information content (AvgIpc) is 3.08. The first-order chi connectivity index (χ1) is 13.5. The Labute approximate surface area is 166 Å². The molecule has 0 atom stereocenters. The number of fused-ring (bicyclic) bond motifs is 1. The summed E-state index contributed by atoms with van der Waals surface area (Å²) in [5.74, 6) is 1.90. The topological polar surface area (TPSA) is 68.6 Å². The molecule has 7 nitrogen and oxygen atoms in total. The highest BCUT2D eigenvalue weighted by molar-refractivity contribution is 5.78. The van der Waals surface area contributed by atoms with Gasteiger partial charge in [0.2, 0.25) is 5.91 Å². The molecule has 1 aliphatic heterocycles. The predicted octanol–water partition coefficient (Wildman–Crippen LogP) is 2.23. The predicted molar refractivity (Wildman–Crippen MR) is 107 cm³/mol. The zero-order chi connectivity index (χ0) is 20.1. The van der Waals surface area contributed by atoms with Crippen LogP contribution in [0.1, 0.15) is 30.8 Å². The van der Waals surface area contributed by atoms with Crippen LogP contribution in [-0.2, 0) is 30.8 Å². The first-order valence-electron chi connectivity index (χ1n) is 9.74. The minimum Gasteiger partial charge on any atom is -0.493 e. The summed E-state index contributed by atoms with van der Waals surface area (Å²) in [5, 5.41) is 7.60. The van der Waals surface area contributed by atoms with Crippen molar-refractivity contribution in [1.29, 1.82) is 0 Å². The molecule has 0 saturated carbocycles. The highest BCUT2D eigenvalue weighted by Gasteiger charge is 2.19. The number of ether oxygens (including phenoxy) is 2. The van der Waals surface area contributed by atoms with E-state index in [2.05, 4.69) is 39.9 Å². The van der Waals surface area contributed by atoms with Crippen LogP contribution in [0.25, 0.3) is 0 Å². The molecule has 7 heteroatoms. The molecule has 1 N–H and O–H groups in total. The third-order valence-corrected chi connectivity index (χ3v) is 4.83. The molecule has 152 valence electrons. The van der Waals surface area contributed by atoms with Crippen molar-refractivity contribution in [3.8, 4) is 11.5 Å². The summed E-state index contributed by atoms with van der Waals surface area (Å²) < 4.78 is 12.6. The lowest BCUT2D eigenvalue weighted by atomic mass is 10.1. The number of nitrogens with one attached hydrogen (secondary N) is 1. The summed E-state index contributed by atoms with van der Waals surface area (Å²) in [4.78, 5) is 14.8. The Bertz CT molecular complexity index is 816. The molecule has 3 rings (SSSR count). The van der Waals surface area contributed by atoms with Crippen molar-refractivity contribution >= 4 is 5.91 Å². The number of rotatable bonds is 8. The second-order valence-corrected chi connectivity index (χ2v) is 7.62. The molecule has 0 bridgehead atoms. The molecule has 1 aromatic heterocycles. The Morgan fingerprint density at radius 1 is 1.18 bits per heavy atom. The minimum atomic E-state index is -0.0420. The summed E-state index contributed by atoms with van der Waals surface area (Å²) in [5.41, 5.74) is 3.00. The number of carbonyl (C=O) groups excluding carboxylic acids is 1. The first kappa shape index (κ1) is 20.2. The summed E-state index contributed by atoms with van der Waals surface area (Å²) in [7, 11) is 3.18. The molecule has 2 aromatic rings. The van der Waals surface area contributed by atoms with E-state index in [1.807, 2.05) is 18.2 Å². The van der Waals surface area contributed by atoms with Crippen molar-refractivity contribution in [1.82, 2.24) is 20.0 Å². The summed E-state index contributed by atoms with van der Waals surface area (Å²) >= 11 is 0. The smallest absolute Gasteiger partial charge is 0.224 e. The molecule has 0 saturated heterocycles. The third kappa shape index (κ3) is 5.04. The Hall–Kier alpha value is -2.54. The van der Waals surface area contributed by atoms with Crippen LogP contribution in [0.2, 0.25) is 0 Å². The summed E-state index contributed by atoms with van der Waals surface area (Å²) in [6.07, 6.45) is 0.288. The van der Waals surface area contributed by atoms with Gasteiger partial charge in [0.25, 0.3) is 0 Å². The molecule has 0 aliphatic carbocycles. The summed E-state index contributed by atoms with van der Waals surface area (Å²) in [6.45, 7) is 8.87. The van der Waals surface area contributed by atoms with E-state index in [1.54, 1.807) is 14.2 Å². The maximum atomic E-state index is 12.3. The van der Waals surface area contributed by atoms with Crippen LogP contribution in [0.15, 0.2) is 24.3 Å². The molecule has 1 aromatic carbocycles. The lowest BCUT2D eigenvalue weighted by Gasteiger charge is -2.28. The fourth-order valence-corrected chi connectivity index (χ4v) is 3.57. The van der Waals surface area contributed by atoms with Crippen LogP contribution < -0.4 is 14.8 Å². The zero-order valence-electron chi connectivity index (χ0n) is 17.2. The van der Waals surface area contributed by atoms with Crippen molar-refractivity contribution in [3.63, 3.8) is 0 Å². The second kappa shape index (κ2) is 9.10. The Kier molecular flexibility index (Phi) is 6.57. The van der Waals surface area contributed by atoms with Gasteiger partial charge in [0.15, 0.2) is 11.5 Å². The third-order valence-electron chi connectivity index (χ3n) is 4.83. The molecule has 1 aliphatic rings. The van der Waals surface area contributed by atoms with E-state index in [-0.39, 0.29) is 12.3 Å². The summed E-state index contributed by atoms with van der Waals surface area (Å²) in [6, 6.07) is 7.62. The van der Waals surface area contributed by atoms with Gasteiger partial charge in [-0.2, -0.15) is 5.10 Å². The molecule has 1 amide bonds. The van der Waals surface area contributed by atoms with Gasteiger partial charge in [0, 0.05) is 19.6 Å². The second-order valence-electron chi connectivity index (χ2n) is 7.62. The SMILES string of the molecule is COc1ccc(CC(=O)NCc2cc3n(n2)CCN(CC(C)C)C3)cc1OC. The normalized spacial score (nSPS) is 14.0. The van der Waals surface area contributed by atoms with Crippen LogP contribution in [0, 0.1) is 5.92 Å². The number of nitrogens with zero attached hydrogens (tertiary/aromatic N) is 3. The molecule has 0 spiro atoms. The van der Waals surface area contributed by atoms with Crippen LogP contribution in [0.3, 0.4) is 0 Å². The van der Waals surface area contributed by atoms with E-state index in [9.17, 15) is 4.79 Å². The Balaban J connectivity index is 1.54. The van der Waals surface area contributed by atoms with E-state index >= 15 is 0 Å². The quantitative estimate of drug-likeness (QED) is 0.754. The molecular weight excluding hydrogens is 356 g/mol. The first-order valence-corrected chi connectivity index (χ1v) is 9.74. The number of hydrogen-bond acceptors (Lipinski definition) is 5. The van der Waals surface area contributed by atoms with Gasteiger partial charge in [-0.05, 0) is 29.7 Å². The number of carbonyl (C=O) groups is 1. The van der Waals surface area contributed by atoms with Gasteiger partial charge in [-0.3, -0.25) is 14.4 Å². The largest absolute Gasteiger partial charge is 0.493 e. The standard InChI is InChI=1S/C21H30N4O3/c1-15(2)13-24-7-8-25-18(14-24)11-17(23-25)12-22-21(26)10-16-5-6-19(27-3)20(9-16)28-4/h5-6,9,11,15H,7-8,10,12-14H2,1-4H3,(H,22,26). The van der Waals surface area contributed by atoms with Gasteiger partial charge in [0.05, 0.1) is 45.1 Å². The van der Waals surface area contributed by atoms with Crippen molar-refractivity contribution in [2.24, 2.45) is 5.92 Å². The highest BCUT2D eigenvalue weighted by Crippen LogP contribution is 2.27. The fraction of sp³-hybridized carbons (Fsp3) is 0.524. The van der Waals surface area contributed by atoms with E-state index < -0.39 is 0 Å². The van der Waals surface area contributed by atoms with Crippen molar-refractivity contribution in [2.75, 3.05) is 27.3 Å². The number of methoxy groups -OCH3 is 2. The van der Waals surface area contributed by atoms with E-state index in [0.717, 1.165) is 37.4 Å². The van der Waals surface area contributed by atoms with E-state index in [0.29, 0.717) is 24.0 Å². The van der Waals surface area contributed by atoms with Crippen molar-refractivity contribution in [3.05, 3.63) is 41.2 Å². The van der Waals surface area contributed by atoms with Crippen molar-refractivity contribution in [2.45, 2.75) is 39.9 Å². The number of aromatic nitrogens is 2. The molecule has 0 radical (unpaired) electrons. The van der Waals surface area contributed by atoms with Gasteiger partial charge < -0.3 is 14.8 Å². The maximum Gasteiger partial charge on any atom is 0.224 e. The highest BCUT2D eigenvalue weighted by atomic mass is 16.5. The molecule has 2 heterocycles. The van der Waals surface area contributed by atoms with Crippen molar-refractivity contribution < 1.29 is 14.3 Å². The van der Waals surface area contributed by atoms with Gasteiger partial charge >= 0.3 is 0 Å². The molecule has 0 fully saturated rings. The van der Waals surface area contributed by atoms with Gasteiger partial charge in [-0.1, -0.05) is 19.9 Å². The van der Waals surface area contributed by atoms with Gasteiger partial charge in [-0.15, -0.1) is 0 Å². The lowest BCUT2D eigenvalue weighted by molar-refractivity contribution is -0.120. The maximum absolute atomic E-state index is 12.3. The fourth-order valence-electron chi connectivity index (χ4n) is 3.57. The number of amides is 1. The number of benzene rings is 1. The monoisotopic (exact) mass is 386 g/mol. The molecular formula is C21H30N4O3. The van der Waals surface area contributed by atoms with Crippen LogP contribution >= 0.6 is 0 Å².